The van der Waals surface area contributed by atoms with Gasteiger partial charge in [-0.15, -0.1) is 0 Å². The molecule has 1 amide bonds. The average Bonchev–Trinajstić information content (AvgIpc) is 2.81. The number of aromatic nitrogens is 1. The minimum atomic E-state index is -0.477. The molecule has 0 saturated heterocycles. The standard InChI is InChI=1S/C14H14BrN3O3/c1-2-7-17-9-10(15)8-13(17)14(19)16-11-3-5-12(6-4-11)18(20)21/h3-6,8-9H,2,7H2,1H3,(H,16,19). The second-order valence-corrected chi connectivity index (χ2v) is 5.41. The SMILES string of the molecule is CCCn1cc(Br)cc1C(=O)Nc1ccc([N+](=O)[O-])cc1. The molecule has 0 aliphatic rings. The van der Waals surface area contributed by atoms with Gasteiger partial charge in [-0.1, -0.05) is 6.92 Å². The number of aryl methyl sites for hydroxylation is 1. The topological polar surface area (TPSA) is 77.2 Å². The third-order valence-electron chi connectivity index (χ3n) is 2.90. The summed E-state index contributed by atoms with van der Waals surface area (Å²) in [6.07, 6.45) is 2.77. The summed E-state index contributed by atoms with van der Waals surface area (Å²) < 4.78 is 2.70. The molecule has 0 saturated carbocycles. The zero-order chi connectivity index (χ0) is 15.4. The van der Waals surface area contributed by atoms with Gasteiger partial charge in [0.15, 0.2) is 0 Å². The molecular weight excluding hydrogens is 338 g/mol. The number of rotatable bonds is 5. The van der Waals surface area contributed by atoms with Crippen LogP contribution in [0.1, 0.15) is 23.8 Å². The Kier molecular flexibility index (Phi) is 4.74. The largest absolute Gasteiger partial charge is 0.342 e. The summed E-state index contributed by atoms with van der Waals surface area (Å²) in [7, 11) is 0. The Balaban J connectivity index is 2.15. The Hall–Kier alpha value is -2.15. The number of halogens is 1. The number of hydrogen-bond donors (Lipinski definition) is 1. The first kappa shape index (κ1) is 15.2. The first-order valence-electron chi connectivity index (χ1n) is 6.42. The van der Waals surface area contributed by atoms with E-state index in [-0.39, 0.29) is 11.6 Å². The highest BCUT2D eigenvalue weighted by atomic mass is 79.9. The second-order valence-electron chi connectivity index (χ2n) is 4.50. The fourth-order valence-electron chi connectivity index (χ4n) is 1.95. The second kappa shape index (κ2) is 6.53. The van der Waals surface area contributed by atoms with Gasteiger partial charge in [-0.05, 0) is 40.5 Å². The molecule has 0 aliphatic carbocycles. The van der Waals surface area contributed by atoms with Crippen LogP contribution in [0.25, 0.3) is 0 Å². The third-order valence-corrected chi connectivity index (χ3v) is 3.33. The number of nitrogens with zero attached hydrogens (tertiary/aromatic N) is 2. The summed E-state index contributed by atoms with van der Waals surface area (Å²) >= 11 is 3.36. The van der Waals surface area contributed by atoms with Crippen LogP contribution in [-0.2, 0) is 6.54 Å². The molecule has 1 heterocycles. The van der Waals surface area contributed by atoms with E-state index in [1.165, 1.54) is 24.3 Å². The highest BCUT2D eigenvalue weighted by molar-refractivity contribution is 9.10. The van der Waals surface area contributed by atoms with E-state index >= 15 is 0 Å². The number of carbonyl (C=O) groups is 1. The number of nitro groups is 1. The predicted octanol–water partition coefficient (Wildman–Crippen LogP) is 3.82. The molecule has 2 aromatic rings. The minimum absolute atomic E-state index is 0.00917. The van der Waals surface area contributed by atoms with Gasteiger partial charge >= 0.3 is 0 Å². The first-order chi connectivity index (χ1) is 10.0. The zero-order valence-corrected chi connectivity index (χ0v) is 13.0. The first-order valence-corrected chi connectivity index (χ1v) is 7.22. The van der Waals surface area contributed by atoms with Gasteiger partial charge in [0, 0.05) is 35.0 Å². The smallest absolute Gasteiger partial charge is 0.272 e. The van der Waals surface area contributed by atoms with Gasteiger partial charge < -0.3 is 9.88 Å². The molecule has 21 heavy (non-hydrogen) atoms. The number of non-ortho nitro benzene ring substituents is 1. The van der Waals surface area contributed by atoms with E-state index in [9.17, 15) is 14.9 Å². The highest BCUT2D eigenvalue weighted by Crippen LogP contribution is 2.19. The number of hydrogen-bond acceptors (Lipinski definition) is 3. The van der Waals surface area contributed by atoms with Gasteiger partial charge in [-0.25, -0.2) is 0 Å². The molecule has 6 nitrogen and oxygen atoms in total. The highest BCUT2D eigenvalue weighted by Gasteiger charge is 2.13. The van der Waals surface area contributed by atoms with Crippen molar-refractivity contribution < 1.29 is 9.72 Å². The van der Waals surface area contributed by atoms with E-state index in [0.717, 1.165) is 17.4 Å². The van der Waals surface area contributed by atoms with Crippen molar-refractivity contribution in [1.82, 2.24) is 4.57 Å². The van der Waals surface area contributed by atoms with E-state index in [4.69, 9.17) is 0 Å². The quantitative estimate of drug-likeness (QED) is 0.656. The van der Waals surface area contributed by atoms with Crippen molar-refractivity contribution in [2.24, 2.45) is 0 Å². The summed E-state index contributed by atoms with van der Waals surface area (Å²) in [6.45, 7) is 2.78. The Morgan fingerprint density at radius 2 is 2.05 bits per heavy atom. The summed E-state index contributed by atoms with van der Waals surface area (Å²) in [6, 6.07) is 7.49. The molecule has 1 aromatic carbocycles. The van der Waals surface area contributed by atoms with Crippen molar-refractivity contribution in [2.75, 3.05) is 5.32 Å². The number of nitro benzene ring substituents is 1. The molecular formula is C14H14BrN3O3. The van der Waals surface area contributed by atoms with Crippen LogP contribution in [0.2, 0.25) is 0 Å². The molecule has 0 bridgehead atoms. The monoisotopic (exact) mass is 351 g/mol. The molecule has 0 aliphatic heterocycles. The maximum absolute atomic E-state index is 12.3. The summed E-state index contributed by atoms with van der Waals surface area (Å²) in [5.41, 5.74) is 1.05. The van der Waals surface area contributed by atoms with Crippen LogP contribution >= 0.6 is 15.9 Å². The van der Waals surface area contributed by atoms with Crippen LogP contribution in [0.3, 0.4) is 0 Å². The Morgan fingerprint density at radius 1 is 1.38 bits per heavy atom. The predicted molar refractivity (Wildman–Crippen MR) is 83.5 cm³/mol. The van der Waals surface area contributed by atoms with Crippen molar-refractivity contribution in [3.8, 4) is 0 Å². The number of nitrogens with one attached hydrogen (secondary N) is 1. The fourth-order valence-corrected chi connectivity index (χ4v) is 2.42. The van der Waals surface area contributed by atoms with Gasteiger partial charge in [0.05, 0.1) is 4.92 Å². The molecule has 2 rings (SSSR count). The van der Waals surface area contributed by atoms with Crippen molar-refractivity contribution in [3.05, 3.63) is 56.8 Å². The molecule has 1 N–H and O–H groups in total. The number of carbonyl (C=O) groups excluding carboxylic acids is 1. The van der Waals surface area contributed by atoms with Crippen LogP contribution in [0, 0.1) is 10.1 Å². The van der Waals surface area contributed by atoms with Gasteiger partial charge in [-0.2, -0.15) is 0 Å². The summed E-state index contributed by atoms with van der Waals surface area (Å²) in [5, 5.41) is 13.3. The van der Waals surface area contributed by atoms with Crippen molar-refractivity contribution in [1.29, 1.82) is 0 Å². The van der Waals surface area contributed by atoms with E-state index in [2.05, 4.69) is 21.2 Å². The normalized spacial score (nSPS) is 10.4. The van der Waals surface area contributed by atoms with Gasteiger partial charge in [0.2, 0.25) is 0 Å². The summed E-state index contributed by atoms with van der Waals surface area (Å²) in [5.74, 6) is -0.247. The lowest BCUT2D eigenvalue weighted by atomic mass is 10.2. The van der Waals surface area contributed by atoms with Gasteiger partial charge in [-0.3, -0.25) is 14.9 Å². The fraction of sp³-hybridized carbons (Fsp3) is 0.214. The molecule has 7 heteroatoms. The zero-order valence-electron chi connectivity index (χ0n) is 11.4. The molecule has 1 aromatic heterocycles. The summed E-state index contributed by atoms with van der Waals surface area (Å²) in [4.78, 5) is 22.4. The maximum atomic E-state index is 12.3. The van der Waals surface area contributed by atoms with Crippen LogP contribution in [0.4, 0.5) is 11.4 Å². The van der Waals surface area contributed by atoms with Crippen molar-refractivity contribution in [2.45, 2.75) is 19.9 Å². The van der Waals surface area contributed by atoms with Crippen LogP contribution < -0.4 is 5.32 Å². The Bertz CT molecular complexity index is 665. The Labute approximate surface area is 130 Å². The van der Waals surface area contributed by atoms with E-state index in [1.807, 2.05) is 17.7 Å². The van der Waals surface area contributed by atoms with Crippen LogP contribution in [0.5, 0.6) is 0 Å². The van der Waals surface area contributed by atoms with Gasteiger partial charge in [0.1, 0.15) is 5.69 Å². The molecule has 0 fully saturated rings. The maximum Gasteiger partial charge on any atom is 0.272 e. The lowest BCUT2D eigenvalue weighted by Gasteiger charge is -2.08. The molecule has 0 atom stereocenters. The van der Waals surface area contributed by atoms with Gasteiger partial charge in [0.25, 0.3) is 11.6 Å². The van der Waals surface area contributed by atoms with E-state index < -0.39 is 4.92 Å². The average molecular weight is 352 g/mol. The molecule has 0 radical (unpaired) electrons. The number of benzene rings is 1. The Morgan fingerprint density at radius 3 is 2.62 bits per heavy atom. The van der Waals surface area contributed by atoms with E-state index in [0.29, 0.717) is 11.4 Å². The minimum Gasteiger partial charge on any atom is -0.342 e. The number of anilines is 1. The lowest BCUT2D eigenvalue weighted by molar-refractivity contribution is -0.384. The number of amides is 1. The van der Waals surface area contributed by atoms with Crippen LogP contribution in [0.15, 0.2) is 41.0 Å². The molecule has 0 spiro atoms. The van der Waals surface area contributed by atoms with Crippen molar-refractivity contribution >= 4 is 33.2 Å². The van der Waals surface area contributed by atoms with E-state index in [1.54, 1.807) is 6.07 Å². The molecule has 110 valence electrons. The van der Waals surface area contributed by atoms with Crippen LogP contribution in [-0.4, -0.2) is 15.4 Å². The molecule has 0 unspecified atom stereocenters. The van der Waals surface area contributed by atoms with Crippen molar-refractivity contribution in [3.63, 3.8) is 0 Å². The lowest BCUT2D eigenvalue weighted by Crippen LogP contribution is -2.16. The third kappa shape index (κ3) is 3.69.